The van der Waals surface area contributed by atoms with Gasteiger partial charge in [0.25, 0.3) is 0 Å². The lowest BCUT2D eigenvalue weighted by atomic mass is 9.54. The van der Waals surface area contributed by atoms with Crippen molar-refractivity contribution in [3.63, 3.8) is 0 Å². The molecule has 2 spiro atoms. The van der Waals surface area contributed by atoms with Crippen molar-refractivity contribution in [3.05, 3.63) is 0 Å². The second kappa shape index (κ2) is 3.00. The largest absolute Gasteiger partial charge is 0.458 e. The molecule has 0 aromatic rings. The molecule has 2 saturated carbocycles. The molecular formula is C15H15BrO6. The molecule has 6 rings (SSSR count). The number of carbonyl (C=O) groups excluding carboxylic acids is 2. The molecule has 7 unspecified atom stereocenters. The molecule has 22 heavy (non-hydrogen) atoms. The van der Waals surface area contributed by atoms with Gasteiger partial charge >= 0.3 is 11.9 Å². The molecule has 0 radical (unpaired) electrons. The molecule has 4 bridgehead atoms. The first kappa shape index (κ1) is 12.7. The van der Waals surface area contributed by atoms with Crippen LogP contribution in [0.4, 0.5) is 0 Å². The minimum atomic E-state index is -0.926. The maximum absolute atomic E-state index is 12.6. The van der Waals surface area contributed by atoms with Crippen molar-refractivity contribution in [2.75, 3.05) is 5.33 Å². The van der Waals surface area contributed by atoms with Crippen LogP contribution in [-0.4, -0.2) is 52.4 Å². The zero-order valence-electron chi connectivity index (χ0n) is 12.1. The van der Waals surface area contributed by atoms with Crippen LogP contribution in [0.25, 0.3) is 0 Å². The molecule has 0 aromatic carbocycles. The summed E-state index contributed by atoms with van der Waals surface area (Å²) >= 11 is 3.54. The minimum absolute atomic E-state index is 0.0853. The Morgan fingerprint density at radius 2 is 2.05 bits per heavy atom. The van der Waals surface area contributed by atoms with E-state index < -0.39 is 34.4 Å². The number of rotatable bonds is 1. The van der Waals surface area contributed by atoms with Crippen LogP contribution >= 0.6 is 15.9 Å². The third-order valence-corrected chi connectivity index (χ3v) is 8.49. The normalized spacial score (nSPS) is 68.6. The third kappa shape index (κ3) is 0.834. The topological polar surface area (TPSA) is 74.4 Å². The van der Waals surface area contributed by atoms with Gasteiger partial charge in [0, 0.05) is 17.7 Å². The minimum Gasteiger partial charge on any atom is -0.458 e. The summed E-state index contributed by atoms with van der Waals surface area (Å²) in [6.07, 6.45) is -0.533. The van der Waals surface area contributed by atoms with Gasteiger partial charge in [-0.25, -0.2) is 4.79 Å². The number of epoxide rings is 1. The lowest BCUT2D eigenvalue weighted by molar-refractivity contribution is -0.185. The van der Waals surface area contributed by atoms with Crippen LogP contribution in [0.3, 0.4) is 0 Å². The van der Waals surface area contributed by atoms with Gasteiger partial charge in [0.15, 0.2) is 6.10 Å². The lowest BCUT2D eigenvalue weighted by Crippen LogP contribution is -2.63. The van der Waals surface area contributed by atoms with Crippen molar-refractivity contribution in [1.29, 1.82) is 0 Å². The standard InChI is InChI=1S/C15H15BrO6/c1-12(4-16)6-7-10(17)19-8(6)9-13(2)14(7,22-12)3-5-15(13,21-5)11(18)20-9/h5-9H,3-4H2,1-2H3/t5-,6?,7?,8?,9?,12?,13?,14?,15+/m1/s1. The van der Waals surface area contributed by atoms with E-state index in [-0.39, 0.29) is 29.9 Å². The van der Waals surface area contributed by atoms with Crippen LogP contribution in [0.1, 0.15) is 20.3 Å². The Hall–Kier alpha value is -0.660. The smallest absolute Gasteiger partial charge is 0.342 e. The van der Waals surface area contributed by atoms with E-state index in [1.807, 2.05) is 13.8 Å². The Labute approximate surface area is 134 Å². The molecule has 0 aromatic heterocycles. The van der Waals surface area contributed by atoms with Crippen LogP contribution in [0.5, 0.6) is 0 Å². The third-order valence-electron chi connectivity index (χ3n) is 7.38. The predicted molar refractivity (Wildman–Crippen MR) is 73.1 cm³/mol. The average molecular weight is 371 g/mol. The molecule has 4 saturated heterocycles. The highest BCUT2D eigenvalue weighted by Crippen LogP contribution is 2.81. The van der Waals surface area contributed by atoms with E-state index in [1.165, 1.54) is 0 Å². The highest BCUT2D eigenvalue weighted by atomic mass is 79.9. The van der Waals surface area contributed by atoms with Gasteiger partial charge in [0.05, 0.1) is 22.5 Å². The number of carbonyl (C=O) groups is 2. The molecule has 0 N–H and O–H groups in total. The van der Waals surface area contributed by atoms with E-state index in [4.69, 9.17) is 18.9 Å². The van der Waals surface area contributed by atoms with Gasteiger partial charge in [0.2, 0.25) is 5.60 Å². The van der Waals surface area contributed by atoms with Gasteiger partial charge in [-0.05, 0) is 13.8 Å². The Kier molecular flexibility index (Phi) is 1.74. The van der Waals surface area contributed by atoms with Crippen LogP contribution < -0.4 is 0 Å². The molecule has 4 heterocycles. The number of hydrogen-bond acceptors (Lipinski definition) is 6. The van der Waals surface area contributed by atoms with Crippen LogP contribution in [0.15, 0.2) is 0 Å². The summed E-state index contributed by atoms with van der Waals surface area (Å²) in [5.41, 5.74) is -2.80. The monoisotopic (exact) mass is 370 g/mol. The van der Waals surface area contributed by atoms with Crippen molar-refractivity contribution in [2.45, 2.75) is 55.4 Å². The molecule has 2 aliphatic carbocycles. The maximum Gasteiger partial charge on any atom is 0.342 e. The number of esters is 2. The van der Waals surface area contributed by atoms with Gasteiger partial charge in [-0.1, -0.05) is 15.9 Å². The summed E-state index contributed by atoms with van der Waals surface area (Å²) in [7, 11) is 0. The fraction of sp³-hybridized carbons (Fsp3) is 0.867. The van der Waals surface area contributed by atoms with Crippen molar-refractivity contribution >= 4 is 27.9 Å². The predicted octanol–water partition coefficient (Wildman–Crippen LogP) is 0.553. The summed E-state index contributed by atoms with van der Waals surface area (Å²) in [6, 6.07) is 0. The Morgan fingerprint density at radius 3 is 2.77 bits per heavy atom. The molecule has 0 amide bonds. The van der Waals surface area contributed by atoms with Gasteiger partial charge < -0.3 is 18.9 Å². The maximum atomic E-state index is 12.6. The average Bonchev–Trinajstić information content (AvgIpc) is 2.82. The number of fused-ring (bicyclic) bond motifs is 1. The summed E-state index contributed by atoms with van der Waals surface area (Å²) in [5.74, 6) is -0.926. The molecule has 9 atom stereocenters. The van der Waals surface area contributed by atoms with Crippen LogP contribution in [0.2, 0.25) is 0 Å². The van der Waals surface area contributed by atoms with Crippen molar-refractivity contribution < 1.29 is 28.5 Å². The van der Waals surface area contributed by atoms with Crippen LogP contribution in [0, 0.1) is 17.3 Å². The highest BCUT2D eigenvalue weighted by molar-refractivity contribution is 9.09. The zero-order valence-corrected chi connectivity index (χ0v) is 13.7. The lowest BCUT2D eigenvalue weighted by Gasteiger charge is -2.47. The molecule has 6 fully saturated rings. The first-order valence-electron chi connectivity index (χ1n) is 7.71. The fourth-order valence-corrected chi connectivity index (χ4v) is 6.99. The van der Waals surface area contributed by atoms with Crippen LogP contribution in [-0.2, 0) is 28.5 Å². The summed E-state index contributed by atoms with van der Waals surface area (Å²) in [4.78, 5) is 25.1. The second-order valence-corrected chi connectivity index (χ2v) is 8.48. The van der Waals surface area contributed by atoms with Crippen molar-refractivity contribution in [1.82, 2.24) is 0 Å². The Morgan fingerprint density at radius 1 is 1.27 bits per heavy atom. The van der Waals surface area contributed by atoms with Crippen molar-refractivity contribution in [2.24, 2.45) is 17.3 Å². The SMILES string of the molecule is CC1(CBr)OC23C[C@H]4O[C@]45C(=O)OC(C4OC(=O)C2C41)C35C. The molecular weight excluding hydrogens is 356 g/mol. The first-order chi connectivity index (χ1) is 10.4. The van der Waals surface area contributed by atoms with Gasteiger partial charge in [-0.2, -0.15) is 0 Å². The second-order valence-electron chi connectivity index (χ2n) is 7.92. The Balaban J connectivity index is 1.67. The van der Waals surface area contributed by atoms with Gasteiger partial charge in [-0.3, -0.25) is 4.79 Å². The summed E-state index contributed by atoms with van der Waals surface area (Å²) in [6.45, 7) is 4.01. The number of ether oxygens (including phenoxy) is 4. The van der Waals surface area contributed by atoms with E-state index in [2.05, 4.69) is 15.9 Å². The summed E-state index contributed by atoms with van der Waals surface area (Å²) < 4.78 is 23.8. The summed E-state index contributed by atoms with van der Waals surface area (Å²) in [5, 5.41) is 0.616. The number of hydrogen-bond donors (Lipinski definition) is 0. The van der Waals surface area contributed by atoms with Gasteiger partial charge in [0.1, 0.15) is 12.2 Å². The number of halogens is 1. The molecule has 7 heteroatoms. The molecule has 118 valence electrons. The van der Waals surface area contributed by atoms with Gasteiger partial charge in [-0.15, -0.1) is 0 Å². The molecule has 6 nitrogen and oxygen atoms in total. The quantitative estimate of drug-likeness (QED) is 0.381. The highest BCUT2D eigenvalue weighted by Gasteiger charge is 2.98. The first-order valence-corrected chi connectivity index (χ1v) is 8.83. The van der Waals surface area contributed by atoms with E-state index in [0.717, 1.165) is 0 Å². The Bertz CT molecular complexity index is 681. The van der Waals surface area contributed by atoms with E-state index >= 15 is 0 Å². The zero-order chi connectivity index (χ0) is 15.3. The number of alkyl halides is 1. The molecule has 6 aliphatic rings. The van der Waals surface area contributed by atoms with Crippen molar-refractivity contribution in [3.8, 4) is 0 Å². The van der Waals surface area contributed by atoms with E-state index in [9.17, 15) is 9.59 Å². The molecule has 4 aliphatic heterocycles. The fourth-order valence-electron chi connectivity index (χ4n) is 6.50. The van der Waals surface area contributed by atoms with E-state index in [0.29, 0.717) is 11.8 Å². The van der Waals surface area contributed by atoms with E-state index in [1.54, 1.807) is 0 Å².